The molecule has 0 atom stereocenters. The minimum absolute atomic E-state index is 0.0111. The molecule has 3 rings (SSSR count). The predicted octanol–water partition coefficient (Wildman–Crippen LogP) is 3.40. The van der Waals surface area contributed by atoms with E-state index < -0.39 is 0 Å². The Kier molecular flexibility index (Phi) is 8.02. The van der Waals surface area contributed by atoms with E-state index in [2.05, 4.69) is 27.9 Å². The van der Waals surface area contributed by atoms with Gasteiger partial charge in [0.25, 0.3) is 0 Å². The van der Waals surface area contributed by atoms with Crippen LogP contribution in [0.15, 0.2) is 60.7 Å². The third kappa shape index (κ3) is 6.44. The van der Waals surface area contributed by atoms with Crippen LogP contribution in [0.1, 0.15) is 34.5 Å². The maximum Gasteiger partial charge on any atom is 0.315 e. The summed E-state index contributed by atoms with van der Waals surface area (Å²) in [5, 5.41) is 10.3. The summed E-state index contributed by atoms with van der Waals surface area (Å²) in [5.41, 5.74) is 5.19. The first kappa shape index (κ1) is 23.1. The normalized spacial score (nSPS) is 10.6. The molecule has 0 radical (unpaired) electrons. The molecule has 0 fully saturated rings. The van der Waals surface area contributed by atoms with Gasteiger partial charge in [-0.1, -0.05) is 60.7 Å². The Morgan fingerprint density at radius 2 is 1.56 bits per heavy atom. The van der Waals surface area contributed by atoms with Crippen LogP contribution < -0.4 is 10.6 Å². The van der Waals surface area contributed by atoms with Gasteiger partial charge in [-0.3, -0.25) is 9.48 Å². The van der Waals surface area contributed by atoms with Crippen molar-refractivity contribution < 1.29 is 9.59 Å². The van der Waals surface area contributed by atoms with Crippen LogP contribution in [0.5, 0.6) is 0 Å². The van der Waals surface area contributed by atoms with Crippen molar-refractivity contribution in [3.8, 4) is 0 Å². The first-order valence-electron chi connectivity index (χ1n) is 10.8. The Bertz CT molecular complexity index is 1030. The van der Waals surface area contributed by atoms with Crippen molar-refractivity contribution in [3.63, 3.8) is 0 Å². The van der Waals surface area contributed by atoms with Gasteiger partial charge in [0.1, 0.15) is 0 Å². The van der Waals surface area contributed by atoms with Crippen molar-refractivity contribution in [3.05, 3.63) is 88.7 Å². The summed E-state index contributed by atoms with van der Waals surface area (Å²) < 4.78 is 1.96. The number of amides is 3. The van der Waals surface area contributed by atoms with Gasteiger partial charge in [-0.25, -0.2) is 4.79 Å². The fourth-order valence-corrected chi connectivity index (χ4v) is 3.55. The molecule has 32 heavy (non-hydrogen) atoms. The smallest absolute Gasteiger partial charge is 0.315 e. The van der Waals surface area contributed by atoms with E-state index in [1.165, 1.54) is 5.56 Å². The van der Waals surface area contributed by atoms with E-state index in [0.717, 1.165) is 22.5 Å². The minimum atomic E-state index is -0.293. The van der Waals surface area contributed by atoms with E-state index in [4.69, 9.17) is 0 Å². The van der Waals surface area contributed by atoms with Gasteiger partial charge in [-0.05, 0) is 25.0 Å². The Labute approximate surface area is 189 Å². The Hall–Kier alpha value is -3.61. The fraction of sp³-hybridized carbons (Fsp3) is 0.320. The van der Waals surface area contributed by atoms with Crippen LogP contribution in [0.3, 0.4) is 0 Å². The summed E-state index contributed by atoms with van der Waals surface area (Å²) in [7, 11) is 1.77. The highest BCUT2D eigenvalue weighted by Gasteiger charge is 2.14. The molecule has 1 aromatic heterocycles. The van der Waals surface area contributed by atoms with Crippen LogP contribution in [0, 0.1) is 13.8 Å². The van der Waals surface area contributed by atoms with Crippen LogP contribution in [-0.4, -0.2) is 40.2 Å². The van der Waals surface area contributed by atoms with Crippen LogP contribution >= 0.6 is 0 Å². The molecule has 0 saturated heterocycles. The molecular formula is C25H31N5O2. The van der Waals surface area contributed by atoms with Gasteiger partial charge in [0.05, 0.1) is 12.2 Å². The summed E-state index contributed by atoms with van der Waals surface area (Å²) in [4.78, 5) is 26.2. The Balaban J connectivity index is 1.42. The van der Waals surface area contributed by atoms with Gasteiger partial charge >= 0.3 is 6.03 Å². The lowest BCUT2D eigenvalue weighted by molar-refractivity contribution is -0.130. The second-order valence-corrected chi connectivity index (χ2v) is 7.89. The highest BCUT2D eigenvalue weighted by molar-refractivity contribution is 5.78. The van der Waals surface area contributed by atoms with E-state index in [1.54, 1.807) is 11.9 Å². The lowest BCUT2D eigenvalue weighted by atomic mass is 10.2. The van der Waals surface area contributed by atoms with Gasteiger partial charge in [0, 0.05) is 44.4 Å². The third-order valence-corrected chi connectivity index (χ3v) is 5.44. The number of hydrogen-bond acceptors (Lipinski definition) is 3. The number of aryl methyl sites for hydroxylation is 1. The highest BCUT2D eigenvalue weighted by atomic mass is 16.2. The molecule has 0 aliphatic heterocycles. The largest absolute Gasteiger partial charge is 0.341 e. The van der Waals surface area contributed by atoms with Gasteiger partial charge in [-0.15, -0.1) is 0 Å². The second kappa shape index (κ2) is 11.1. The summed E-state index contributed by atoms with van der Waals surface area (Å²) in [6.45, 7) is 5.88. The molecule has 0 unspecified atom stereocenters. The van der Waals surface area contributed by atoms with E-state index in [1.807, 2.05) is 67.1 Å². The van der Waals surface area contributed by atoms with Gasteiger partial charge in [-0.2, -0.15) is 5.10 Å². The summed E-state index contributed by atoms with van der Waals surface area (Å²) in [5.74, 6) is -0.0111. The molecule has 168 valence electrons. The molecule has 7 nitrogen and oxygen atoms in total. The van der Waals surface area contributed by atoms with Crippen molar-refractivity contribution in [1.82, 2.24) is 25.3 Å². The molecule has 1 heterocycles. The maximum absolute atomic E-state index is 12.3. The zero-order valence-corrected chi connectivity index (χ0v) is 19.0. The number of rotatable bonds is 9. The monoisotopic (exact) mass is 433 g/mol. The minimum Gasteiger partial charge on any atom is -0.341 e. The van der Waals surface area contributed by atoms with E-state index in [-0.39, 0.29) is 24.9 Å². The summed E-state index contributed by atoms with van der Waals surface area (Å²) >= 11 is 0. The zero-order chi connectivity index (χ0) is 22.9. The van der Waals surface area contributed by atoms with Gasteiger partial charge in [0.2, 0.25) is 5.91 Å². The first-order valence-corrected chi connectivity index (χ1v) is 10.8. The lowest BCUT2D eigenvalue weighted by Gasteiger charge is -2.17. The molecule has 0 saturated carbocycles. The van der Waals surface area contributed by atoms with Gasteiger partial charge in [0.15, 0.2) is 0 Å². The number of aromatic nitrogens is 2. The maximum atomic E-state index is 12.3. The number of carbonyl (C=O) groups excluding carboxylic acids is 2. The molecule has 2 aromatic carbocycles. The quantitative estimate of drug-likeness (QED) is 0.543. The standard InChI is InChI=1S/C25H31N5O2/c1-19-23(20(2)30(28-19)18-22-12-8-5-9-13-22)16-27-25(32)26-15-14-24(31)29(3)17-21-10-6-4-7-11-21/h4-13H,14-18H2,1-3H3,(H2,26,27,32). The number of urea groups is 1. The fourth-order valence-electron chi connectivity index (χ4n) is 3.55. The van der Waals surface area contributed by atoms with Crippen LogP contribution in [-0.2, 0) is 24.4 Å². The van der Waals surface area contributed by atoms with Crippen LogP contribution in [0.25, 0.3) is 0 Å². The summed E-state index contributed by atoms with van der Waals surface area (Å²) in [6, 6.07) is 19.7. The van der Waals surface area contributed by atoms with Crippen molar-refractivity contribution in [2.45, 2.75) is 39.9 Å². The Morgan fingerprint density at radius 3 is 2.22 bits per heavy atom. The molecule has 3 aromatic rings. The number of benzene rings is 2. The highest BCUT2D eigenvalue weighted by Crippen LogP contribution is 2.14. The predicted molar refractivity (Wildman–Crippen MR) is 125 cm³/mol. The molecule has 3 amide bonds. The van der Waals surface area contributed by atoms with E-state index >= 15 is 0 Å². The molecule has 0 spiro atoms. The first-order chi connectivity index (χ1) is 15.4. The second-order valence-electron chi connectivity index (χ2n) is 7.89. The number of nitrogens with zero attached hydrogens (tertiary/aromatic N) is 3. The topological polar surface area (TPSA) is 79.3 Å². The molecule has 0 bridgehead atoms. The SMILES string of the molecule is Cc1nn(Cc2ccccc2)c(C)c1CNC(=O)NCCC(=O)N(C)Cc1ccccc1. The average Bonchev–Trinajstić information content (AvgIpc) is 3.05. The van der Waals surface area contributed by atoms with Crippen molar-refractivity contribution in [1.29, 1.82) is 0 Å². The van der Waals surface area contributed by atoms with Crippen molar-refractivity contribution in [2.75, 3.05) is 13.6 Å². The molecule has 0 aliphatic carbocycles. The lowest BCUT2D eigenvalue weighted by Crippen LogP contribution is -2.38. The molecule has 0 aliphatic rings. The van der Waals surface area contributed by atoms with E-state index in [0.29, 0.717) is 19.6 Å². The molecular weight excluding hydrogens is 402 g/mol. The summed E-state index contributed by atoms with van der Waals surface area (Å²) in [6.07, 6.45) is 0.254. The van der Waals surface area contributed by atoms with Gasteiger partial charge < -0.3 is 15.5 Å². The molecule has 7 heteroatoms. The number of nitrogens with one attached hydrogen (secondary N) is 2. The van der Waals surface area contributed by atoms with Crippen LogP contribution in [0.2, 0.25) is 0 Å². The average molecular weight is 434 g/mol. The van der Waals surface area contributed by atoms with Crippen LogP contribution in [0.4, 0.5) is 4.79 Å². The number of carbonyl (C=O) groups is 2. The molecule has 2 N–H and O–H groups in total. The van der Waals surface area contributed by atoms with Crippen molar-refractivity contribution in [2.24, 2.45) is 0 Å². The zero-order valence-electron chi connectivity index (χ0n) is 19.0. The van der Waals surface area contributed by atoms with Crippen molar-refractivity contribution >= 4 is 11.9 Å². The Morgan fingerprint density at radius 1 is 0.938 bits per heavy atom. The third-order valence-electron chi connectivity index (χ3n) is 5.44. The van der Waals surface area contributed by atoms with E-state index in [9.17, 15) is 9.59 Å². The number of hydrogen-bond donors (Lipinski definition) is 2.